The Bertz CT molecular complexity index is 755. The second-order valence-corrected chi connectivity index (χ2v) is 6.65. The minimum Gasteiger partial charge on any atom is -0.365 e. The third kappa shape index (κ3) is 4.09. The lowest BCUT2D eigenvalue weighted by Gasteiger charge is -2.31. The number of primary amides is 1. The van der Waals surface area contributed by atoms with Gasteiger partial charge in [0.25, 0.3) is 5.91 Å². The van der Waals surface area contributed by atoms with Crippen molar-refractivity contribution in [1.82, 2.24) is 4.98 Å². The molecule has 1 aromatic carbocycles. The van der Waals surface area contributed by atoms with Gasteiger partial charge in [-0.3, -0.25) is 9.80 Å². The number of amides is 1. The number of aromatic nitrogens is 1. The summed E-state index contributed by atoms with van der Waals surface area (Å²) in [5.41, 5.74) is 8.49. The minimum absolute atomic E-state index is 0.285. The van der Waals surface area contributed by atoms with Crippen molar-refractivity contribution in [2.75, 3.05) is 10.3 Å². The molecule has 0 spiro atoms. The van der Waals surface area contributed by atoms with Crippen molar-refractivity contribution in [3.63, 3.8) is 0 Å². The molecule has 0 unspecified atom stereocenters. The molecule has 0 saturated heterocycles. The predicted octanol–water partition coefficient (Wildman–Crippen LogP) is 3.25. The number of carbonyl (C=O) groups is 1. The molecule has 1 fully saturated rings. The van der Waals surface area contributed by atoms with Gasteiger partial charge in [0, 0.05) is 24.0 Å². The number of benzene rings is 1. The summed E-state index contributed by atoms with van der Waals surface area (Å²) >= 11 is 0. The van der Waals surface area contributed by atoms with Crippen LogP contribution >= 0.6 is 0 Å². The first kappa shape index (κ1) is 17.2. The molecule has 0 bridgehead atoms. The highest BCUT2D eigenvalue weighted by Gasteiger charge is 2.21. The first-order chi connectivity index (χ1) is 12.0. The summed E-state index contributed by atoms with van der Waals surface area (Å²) in [6.45, 7) is 2.02. The normalized spacial score (nSPS) is 15.0. The Morgan fingerprint density at radius 1 is 1.24 bits per heavy atom. The topological polar surface area (TPSA) is 97.3 Å². The van der Waals surface area contributed by atoms with Crippen molar-refractivity contribution in [3.8, 4) is 0 Å². The molecule has 3 rings (SSSR count). The zero-order valence-electron chi connectivity index (χ0n) is 14.5. The Morgan fingerprint density at radius 3 is 2.68 bits per heavy atom. The van der Waals surface area contributed by atoms with Gasteiger partial charge in [0.2, 0.25) is 0 Å². The van der Waals surface area contributed by atoms with Crippen LogP contribution in [-0.2, 0) is 0 Å². The number of nitrogens with one attached hydrogen (secondary N) is 1. The summed E-state index contributed by atoms with van der Waals surface area (Å²) in [5, 5.41) is 5.00. The number of carbonyl (C=O) groups excluding carboxylic acids is 1. The van der Waals surface area contributed by atoms with Crippen molar-refractivity contribution in [1.29, 1.82) is 0 Å². The van der Waals surface area contributed by atoms with E-state index in [9.17, 15) is 4.79 Å². The fraction of sp³-hybridized carbons (Fsp3) is 0.368. The molecule has 6 nitrogen and oxygen atoms in total. The van der Waals surface area contributed by atoms with Crippen LogP contribution in [0, 0.1) is 6.92 Å². The Balaban J connectivity index is 1.90. The number of pyridine rings is 1. The number of rotatable bonds is 5. The number of hydrogen-bond donors (Lipinski definition) is 3. The molecule has 1 heterocycles. The second kappa shape index (κ2) is 7.53. The van der Waals surface area contributed by atoms with E-state index in [1.807, 2.05) is 31.2 Å². The van der Waals surface area contributed by atoms with Crippen LogP contribution in [0.2, 0.25) is 0 Å². The average Bonchev–Trinajstić information content (AvgIpc) is 2.61. The molecule has 1 saturated carbocycles. The molecule has 1 aliphatic rings. The number of nitrogens with two attached hydrogens (primary N) is 2. The lowest BCUT2D eigenvalue weighted by atomic mass is 9.95. The summed E-state index contributed by atoms with van der Waals surface area (Å²) < 4.78 is 0. The molecule has 1 aliphatic carbocycles. The van der Waals surface area contributed by atoms with Gasteiger partial charge in [-0.1, -0.05) is 31.4 Å². The van der Waals surface area contributed by atoms with E-state index >= 15 is 0 Å². The lowest BCUT2D eigenvalue weighted by molar-refractivity contribution is 0.100. The standard InChI is InChI=1S/C19H25N5O/c1-13-6-5-7-14(10-13)23-17-11-18(22-12-16(17)19(20)25)24(21)15-8-3-2-4-9-15/h5-7,10-12,15H,2-4,8-9,21H2,1H3,(H2,20,25)(H,22,23). The van der Waals surface area contributed by atoms with E-state index in [0.717, 1.165) is 24.1 Å². The van der Waals surface area contributed by atoms with Crippen molar-refractivity contribution in [3.05, 3.63) is 47.7 Å². The lowest BCUT2D eigenvalue weighted by Crippen LogP contribution is -2.43. The molecule has 0 atom stereocenters. The molecular formula is C19H25N5O. The minimum atomic E-state index is -0.518. The zero-order chi connectivity index (χ0) is 17.8. The fourth-order valence-electron chi connectivity index (χ4n) is 3.31. The monoisotopic (exact) mass is 339 g/mol. The van der Waals surface area contributed by atoms with Crippen LogP contribution in [0.15, 0.2) is 36.5 Å². The largest absolute Gasteiger partial charge is 0.365 e. The molecular weight excluding hydrogens is 314 g/mol. The van der Waals surface area contributed by atoms with Crippen LogP contribution in [0.3, 0.4) is 0 Å². The van der Waals surface area contributed by atoms with Crippen LogP contribution < -0.4 is 21.9 Å². The van der Waals surface area contributed by atoms with E-state index in [1.165, 1.54) is 25.5 Å². The maximum Gasteiger partial charge on any atom is 0.252 e. The maximum absolute atomic E-state index is 11.8. The first-order valence-corrected chi connectivity index (χ1v) is 8.72. The molecule has 5 N–H and O–H groups in total. The maximum atomic E-state index is 11.8. The summed E-state index contributed by atoms with van der Waals surface area (Å²) in [6, 6.07) is 10.0. The molecule has 1 aromatic heterocycles. The number of hydrazine groups is 1. The predicted molar refractivity (Wildman–Crippen MR) is 101 cm³/mol. The van der Waals surface area contributed by atoms with E-state index in [4.69, 9.17) is 11.6 Å². The first-order valence-electron chi connectivity index (χ1n) is 8.72. The van der Waals surface area contributed by atoms with Gasteiger partial charge in [0.05, 0.1) is 11.3 Å². The summed E-state index contributed by atoms with van der Waals surface area (Å²) in [6.07, 6.45) is 7.27. The van der Waals surface area contributed by atoms with Gasteiger partial charge in [-0.25, -0.2) is 10.8 Å². The summed E-state index contributed by atoms with van der Waals surface area (Å²) in [5.74, 6) is 6.44. The third-order valence-electron chi connectivity index (χ3n) is 4.68. The van der Waals surface area contributed by atoms with Gasteiger partial charge in [-0.2, -0.15) is 0 Å². The molecule has 1 amide bonds. The van der Waals surface area contributed by atoms with E-state index in [1.54, 1.807) is 11.1 Å². The fourth-order valence-corrected chi connectivity index (χ4v) is 3.31. The van der Waals surface area contributed by atoms with E-state index < -0.39 is 5.91 Å². The molecule has 2 aromatic rings. The van der Waals surface area contributed by atoms with Gasteiger partial charge in [-0.15, -0.1) is 0 Å². The number of nitrogens with zero attached hydrogens (tertiary/aromatic N) is 2. The Kier molecular flexibility index (Phi) is 5.19. The molecule has 132 valence electrons. The van der Waals surface area contributed by atoms with Gasteiger partial charge in [-0.05, 0) is 37.5 Å². The average molecular weight is 339 g/mol. The quantitative estimate of drug-likeness (QED) is 0.574. The Labute approximate surface area is 148 Å². The zero-order valence-corrected chi connectivity index (χ0v) is 14.5. The van der Waals surface area contributed by atoms with Gasteiger partial charge >= 0.3 is 0 Å². The van der Waals surface area contributed by atoms with E-state index in [-0.39, 0.29) is 6.04 Å². The Morgan fingerprint density at radius 2 is 2.00 bits per heavy atom. The highest BCUT2D eigenvalue weighted by molar-refractivity contribution is 5.99. The highest BCUT2D eigenvalue weighted by Crippen LogP contribution is 2.28. The molecule has 0 aliphatic heterocycles. The van der Waals surface area contributed by atoms with Crippen LogP contribution in [0.25, 0.3) is 0 Å². The SMILES string of the molecule is Cc1cccc(Nc2cc(N(N)C3CCCCC3)ncc2C(N)=O)c1. The Hall–Kier alpha value is -2.60. The molecule has 6 heteroatoms. The summed E-state index contributed by atoms with van der Waals surface area (Å²) in [4.78, 5) is 16.1. The van der Waals surface area contributed by atoms with E-state index in [0.29, 0.717) is 17.1 Å². The van der Waals surface area contributed by atoms with Crippen LogP contribution in [-0.4, -0.2) is 16.9 Å². The van der Waals surface area contributed by atoms with Crippen molar-refractivity contribution >= 4 is 23.1 Å². The van der Waals surface area contributed by atoms with Crippen LogP contribution in [0.5, 0.6) is 0 Å². The smallest absolute Gasteiger partial charge is 0.252 e. The molecule has 25 heavy (non-hydrogen) atoms. The summed E-state index contributed by atoms with van der Waals surface area (Å²) in [7, 11) is 0. The number of anilines is 3. The van der Waals surface area contributed by atoms with Gasteiger partial charge < -0.3 is 11.1 Å². The van der Waals surface area contributed by atoms with Crippen molar-refractivity contribution in [2.45, 2.75) is 45.1 Å². The van der Waals surface area contributed by atoms with Crippen LogP contribution in [0.4, 0.5) is 17.2 Å². The van der Waals surface area contributed by atoms with Gasteiger partial charge in [0.15, 0.2) is 0 Å². The number of aryl methyl sites for hydroxylation is 1. The van der Waals surface area contributed by atoms with Crippen molar-refractivity contribution in [2.24, 2.45) is 11.6 Å². The van der Waals surface area contributed by atoms with Crippen LogP contribution in [0.1, 0.15) is 48.0 Å². The molecule has 0 radical (unpaired) electrons. The highest BCUT2D eigenvalue weighted by atomic mass is 16.1. The number of hydrogen-bond acceptors (Lipinski definition) is 5. The van der Waals surface area contributed by atoms with Crippen molar-refractivity contribution < 1.29 is 4.79 Å². The van der Waals surface area contributed by atoms with E-state index in [2.05, 4.69) is 10.3 Å². The third-order valence-corrected chi connectivity index (χ3v) is 4.68. The van der Waals surface area contributed by atoms with Gasteiger partial charge in [0.1, 0.15) is 5.82 Å². The second-order valence-electron chi connectivity index (χ2n) is 6.65.